The average molecular weight is 241 g/mol. The Morgan fingerprint density at radius 2 is 1.46 bits per heavy atom. The van der Waals surface area contributed by atoms with Gasteiger partial charge in [0.2, 0.25) is 0 Å². The van der Waals surface area contributed by atoms with E-state index in [1.807, 2.05) is 0 Å². The summed E-state index contributed by atoms with van der Waals surface area (Å²) >= 11 is 0. The summed E-state index contributed by atoms with van der Waals surface area (Å²) in [7, 11) is 0.303. The van der Waals surface area contributed by atoms with Gasteiger partial charge in [-0.3, -0.25) is 0 Å². The van der Waals surface area contributed by atoms with Crippen LogP contribution in [0.4, 0.5) is 0 Å². The van der Waals surface area contributed by atoms with Gasteiger partial charge in [0.25, 0.3) is 0 Å². The van der Waals surface area contributed by atoms with Crippen molar-refractivity contribution in [3.8, 4) is 0 Å². The molecule has 78 valence electrons. The molecular weight excluding hydrogens is 223 g/mol. The van der Waals surface area contributed by atoms with Crippen LogP contribution in [0.25, 0.3) is 0 Å². The molecule has 0 radical (unpaired) electrons. The Balaban J connectivity index is 0. The fraction of sp³-hybridized carbons (Fsp3) is 0.600. The third kappa shape index (κ3) is 4.99. The van der Waals surface area contributed by atoms with Crippen molar-refractivity contribution >= 4 is 23.3 Å². The van der Waals surface area contributed by atoms with Crippen molar-refractivity contribution in [2.45, 2.75) is 37.4 Å². The molecule has 0 aromatic heterocycles. The summed E-state index contributed by atoms with van der Waals surface area (Å²) in [5, 5.41) is 5.02. The van der Waals surface area contributed by atoms with Crippen LogP contribution in [0.5, 0.6) is 0 Å². The predicted octanol–water partition coefficient (Wildman–Crippen LogP) is 0.650. The van der Waals surface area contributed by atoms with Gasteiger partial charge in [0.05, 0.1) is 0 Å². The van der Waals surface area contributed by atoms with Gasteiger partial charge in [-0.2, -0.15) is 0 Å². The number of halogens is 2. The highest BCUT2D eigenvalue weighted by molar-refractivity contribution is 8.02. The minimum Gasteiger partial charge on any atom is -1.00 e. The van der Waals surface area contributed by atoms with Crippen molar-refractivity contribution in [1.82, 2.24) is 0 Å². The molecule has 1 saturated carbocycles. The lowest BCUT2D eigenvalue weighted by molar-refractivity contribution is -0.00000245. The summed E-state index contributed by atoms with van der Waals surface area (Å²) in [5.74, 6) is 0. The lowest BCUT2D eigenvalue weighted by Crippen LogP contribution is -3.00. The maximum Gasteiger partial charge on any atom is 0.127 e. The van der Waals surface area contributed by atoms with Crippen LogP contribution in [-0.2, 0) is 10.9 Å². The molecule has 1 rings (SSSR count). The van der Waals surface area contributed by atoms with Gasteiger partial charge in [0.15, 0.2) is 0 Å². The Morgan fingerprint density at radius 3 is 1.85 bits per heavy atom. The zero-order chi connectivity index (χ0) is 8.10. The molecular formula is C10H18Cl2S. The molecule has 1 fully saturated rings. The highest BCUT2D eigenvalue weighted by atomic mass is 35.5. The van der Waals surface area contributed by atoms with Gasteiger partial charge in [0.1, 0.15) is 16.1 Å². The van der Waals surface area contributed by atoms with Crippen LogP contribution in [0.15, 0.2) is 24.0 Å². The lowest BCUT2D eigenvalue weighted by atomic mass is 10.0. The second-order valence-electron chi connectivity index (χ2n) is 3.00. The molecule has 0 atom stereocenters. The number of rotatable bonds is 3. The Kier molecular flexibility index (Phi) is 11.0. The molecule has 0 aromatic rings. The highest BCUT2D eigenvalue weighted by Gasteiger charge is 2.26. The van der Waals surface area contributed by atoms with E-state index in [4.69, 9.17) is 0 Å². The van der Waals surface area contributed by atoms with Gasteiger partial charge < -0.3 is 12.4 Å². The molecule has 0 spiro atoms. The van der Waals surface area contributed by atoms with E-state index in [0.717, 1.165) is 5.25 Å². The third-order valence-electron chi connectivity index (χ3n) is 2.32. The molecule has 0 unspecified atom stereocenters. The predicted molar refractivity (Wildman–Crippen MR) is 61.9 cm³/mol. The molecule has 3 heteroatoms. The molecule has 0 amide bonds. The van der Waals surface area contributed by atoms with E-state index >= 15 is 0 Å². The Labute approximate surface area is 97.0 Å². The maximum absolute atomic E-state index is 3.85. The molecule has 1 aliphatic rings. The molecule has 0 bridgehead atoms. The molecule has 13 heavy (non-hydrogen) atoms. The van der Waals surface area contributed by atoms with Gasteiger partial charge >= 0.3 is 0 Å². The van der Waals surface area contributed by atoms with Crippen LogP contribution in [0.2, 0.25) is 0 Å². The SMILES string of the molecule is C=C[S+](C=C)C1CCCCC1.Cl.[Cl-]. The van der Waals surface area contributed by atoms with Crippen LogP contribution in [0, 0.1) is 0 Å². The normalized spacial score (nSPS) is 17.0. The Morgan fingerprint density at radius 1 is 1.00 bits per heavy atom. The first-order valence-electron chi connectivity index (χ1n) is 4.34. The average Bonchev–Trinajstić information content (AvgIpc) is 2.09. The monoisotopic (exact) mass is 240 g/mol. The first-order valence-corrected chi connectivity index (χ1v) is 5.75. The summed E-state index contributed by atoms with van der Waals surface area (Å²) in [5.41, 5.74) is 0. The van der Waals surface area contributed by atoms with E-state index < -0.39 is 0 Å². The van der Waals surface area contributed by atoms with E-state index in [-0.39, 0.29) is 24.8 Å². The van der Waals surface area contributed by atoms with Crippen LogP contribution < -0.4 is 12.4 Å². The van der Waals surface area contributed by atoms with Crippen molar-refractivity contribution in [1.29, 1.82) is 0 Å². The number of hydrogen-bond acceptors (Lipinski definition) is 0. The smallest absolute Gasteiger partial charge is 0.127 e. The first kappa shape index (κ1) is 15.9. The van der Waals surface area contributed by atoms with E-state index in [9.17, 15) is 0 Å². The number of hydrogen-bond donors (Lipinski definition) is 0. The van der Waals surface area contributed by atoms with Crippen LogP contribution in [0.1, 0.15) is 32.1 Å². The quantitative estimate of drug-likeness (QED) is 0.636. The third-order valence-corrected chi connectivity index (χ3v) is 4.33. The maximum atomic E-state index is 3.85. The summed E-state index contributed by atoms with van der Waals surface area (Å²) in [4.78, 5) is 0. The lowest BCUT2D eigenvalue weighted by Gasteiger charge is -2.17. The molecule has 1 aliphatic carbocycles. The van der Waals surface area contributed by atoms with E-state index in [1.165, 1.54) is 32.1 Å². The topological polar surface area (TPSA) is 0 Å². The molecule has 0 nitrogen and oxygen atoms in total. The minimum atomic E-state index is 0. The second kappa shape index (κ2) is 8.98. The molecule has 0 aromatic carbocycles. The summed E-state index contributed by atoms with van der Waals surface area (Å²) in [6.07, 6.45) is 7.04. The minimum absolute atomic E-state index is 0. The Bertz CT molecular complexity index is 134. The fourth-order valence-electron chi connectivity index (χ4n) is 1.68. The highest BCUT2D eigenvalue weighted by Crippen LogP contribution is 2.26. The summed E-state index contributed by atoms with van der Waals surface area (Å²) < 4.78 is 0. The van der Waals surface area contributed by atoms with Crippen molar-refractivity contribution in [2.75, 3.05) is 0 Å². The van der Waals surface area contributed by atoms with Crippen molar-refractivity contribution in [2.24, 2.45) is 0 Å². The molecule has 0 heterocycles. The first-order chi connectivity index (χ1) is 5.38. The van der Waals surface area contributed by atoms with Gasteiger partial charge in [-0.25, -0.2) is 0 Å². The van der Waals surface area contributed by atoms with Crippen molar-refractivity contribution < 1.29 is 12.4 Å². The standard InChI is InChI=1S/C10H17S.2ClH/c1-3-11(4-2)10-8-6-5-7-9-10;;/h3-4,10H,1-2,5-9H2;2*1H/q+1;;/p-1. The van der Waals surface area contributed by atoms with Crippen LogP contribution in [0.3, 0.4) is 0 Å². The van der Waals surface area contributed by atoms with Gasteiger partial charge in [-0.1, -0.05) is 19.6 Å². The van der Waals surface area contributed by atoms with Crippen LogP contribution >= 0.6 is 12.4 Å². The molecule has 0 N–H and O–H groups in total. The Hall–Kier alpha value is 0.410. The van der Waals surface area contributed by atoms with Gasteiger partial charge in [-0.15, -0.1) is 12.4 Å². The van der Waals surface area contributed by atoms with Crippen molar-refractivity contribution in [3.63, 3.8) is 0 Å². The van der Waals surface area contributed by atoms with E-state index in [2.05, 4.69) is 24.0 Å². The summed E-state index contributed by atoms with van der Waals surface area (Å²) in [6, 6.07) is 0. The van der Waals surface area contributed by atoms with Gasteiger partial charge in [0, 0.05) is 10.9 Å². The second-order valence-corrected chi connectivity index (χ2v) is 5.15. The van der Waals surface area contributed by atoms with E-state index in [1.54, 1.807) is 0 Å². The van der Waals surface area contributed by atoms with Gasteiger partial charge in [-0.05, 0) is 25.7 Å². The van der Waals surface area contributed by atoms with Crippen LogP contribution in [-0.4, -0.2) is 5.25 Å². The summed E-state index contributed by atoms with van der Waals surface area (Å²) in [6.45, 7) is 7.70. The fourth-order valence-corrected chi connectivity index (χ4v) is 3.24. The molecule has 0 aliphatic heterocycles. The van der Waals surface area contributed by atoms with Crippen molar-refractivity contribution in [3.05, 3.63) is 24.0 Å². The zero-order valence-electron chi connectivity index (χ0n) is 7.88. The largest absolute Gasteiger partial charge is 1.00 e. The van der Waals surface area contributed by atoms with E-state index in [0.29, 0.717) is 10.9 Å². The molecule has 0 saturated heterocycles. The zero-order valence-corrected chi connectivity index (χ0v) is 10.3.